The zero-order valence-corrected chi connectivity index (χ0v) is 13.4. The van der Waals surface area contributed by atoms with Crippen LogP contribution in [-0.4, -0.2) is 27.8 Å². The number of hydrogen-bond acceptors (Lipinski definition) is 7. The summed E-state index contributed by atoms with van der Waals surface area (Å²) in [6.07, 6.45) is 1.48. The van der Waals surface area contributed by atoms with Gasteiger partial charge < -0.3 is 20.8 Å². The molecule has 3 aromatic rings. The van der Waals surface area contributed by atoms with Crippen molar-refractivity contribution in [2.75, 3.05) is 18.2 Å². The molecule has 0 saturated carbocycles. The molecule has 8 heteroatoms. The molecule has 2 heterocycles. The van der Waals surface area contributed by atoms with Crippen LogP contribution in [0.2, 0.25) is 0 Å². The number of anilines is 3. The number of carbonyl (C=O) groups excluding carboxylic acids is 1. The van der Waals surface area contributed by atoms with Gasteiger partial charge in [-0.3, -0.25) is 4.79 Å². The molecule has 0 unspecified atom stereocenters. The highest BCUT2D eigenvalue weighted by Gasteiger charge is 2.21. The van der Waals surface area contributed by atoms with Crippen molar-refractivity contribution in [1.82, 2.24) is 15.0 Å². The molecule has 0 fully saturated rings. The molecule has 0 aliphatic carbocycles. The van der Waals surface area contributed by atoms with Crippen molar-refractivity contribution < 1.29 is 9.53 Å². The first kappa shape index (κ1) is 15.0. The lowest BCUT2D eigenvalue weighted by molar-refractivity contribution is 0.103. The number of hydrogen-bond donors (Lipinski definition) is 3. The second-order valence-electron chi connectivity index (χ2n) is 4.78. The fourth-order valence-corrected chi connectivity index (χ4v) is 2.90. The van der Waals surface area contributed by atoms with E-state index in [9.17, 15) is 4.79 Å². The fourth-order valence-electron chi connectivity index (χ4n) is 2.05. The number of nitrogens with two attached hydrogens (primary N) is 1. The lowest BCUT2D eigenvalue weighted by Crippen LogP contribution is -2.04. The molecular weight excluding hydrogens is 314 g/mol. The standard InChI is InChI=1S/C15H15N5O2S/c1-8-11(18-7-17-8)12(21)13-14(16)20-15(23-13)19-9-3-5-10(22-2)6-4-9/h3-7H,16H2,1-2H3,(H,17,18)(H,19,20). The van der Waals surface area contributed by atoms with Crippen LogP contribution < -0.4 is 15.8 Å². The Morgan fingerprint density at radius 2 is 2.09 bits per heavy atom. The largest absolute Gasteiger partial charge is 0.497 e. The van der Waals surface area contributed by atoms with E-state index < -0.39 is 0 Å². The zero-order chi connectivity index (χ0) is 16.4. The number of rotatable bonds is 5. The van der Waals surface area contributed by atoms with Crippen molar-refractivity contribution >= 4 is 33.8 Å². The number of nitrogens with one attached hydrogen (secondary N) is 2. The monoisotopic (exact) mass is 329 g/mol. The van der Waals surface area contributed by atoms with E-state index in [4.69, 9.17) is 10.5 Å². The van der Waals surface area contributed by atoms with E-state index in [1.807, 2.05) is 24.3 Å². The number of nitrogen functional groups attached to an aromatic ring is 1. The summed E-state index contributed by atoms with van der Waals surface area (Å²) in [6.45, 7) is 1.76. The van der Waals surface area contributed by atoms with Crippen LogP contribution in [0.3, 0.4) is 0 Å². The highest BCUT2D eigenvalue weighted by molar-refractivity contribution is 7.18. The van der Waals surface area contributed by atoms with E-state index in [2.05, 4.69) is 20.3 Å². The molecule has 3 rings (SSSR count). The maximum Gasteiger partial charge on any atom is 0.224 e. The van der Waals surface area contributed by atoms with E-state index in [1.54, 1.807) is 14.0 Å². The summed E-state index contributed by atoms with van der Waals surface area (Å²) >= 11 is 1.20. The quantitative estimate of drug-likeness (QED) is 0.622. The van der Waals surface area contributed by atoms with E-state index in [-0.39, 0.29) is 11.6 Å². The number of aromatic nitrogens is 3. The average molecular weight is 329 g/mol. The van der Waals surface area contributed by atoms with Gasteiger partial charge in [0, 0.05) is 5.69 Å². The predicted molar refractivity (Wildman–Crippen MR) is 89.6 cm³/mol. The summed E-state index contributed by atoms with van der Waals surface area (Å²) < 4.78 is 5.11. The van der Waals surface area contributed by atoms with Crippen LogP contribution in [0, 0.1) is 6.92 Å². The van der Waals surface area contributed by atoms with Gasteiger partial charge >= 0.3 is 0 Å². The number of ether oxygens (including phenoxy) is 1. The first-order valence-corrected chi connectivity index (χ1v) is 7.62. The molecule has 0 spiro atoms. The number of nitrogens with zero attached hydrogens (tertiary/aromatic N) is 2. The Hall–Kier alpha value is -2.87. The van der Waals surface area contributed by atoms with E-state index in [0.29, 0.717) is 21.4 Å². The number of imidazole rings is 1. The summed E-state index contributed by atoms with van der Waals surface area (Å²) in [5.74, 6) is 0.752. The Kier molecular flexibility index (Phi) is 3.98. The molecule has 1 aromatic carbocycles. The molecule has 23 heavy (non-hydrogen) atoms. The average Bonchev–Trinajstić information content (AvgIpc) is 3.13. The van der Waals surface area contributed by atoms with Crippen molar-refractivity contribution in [1.29, 1.82) is 0 Å². The van der Waals surface area contributed by atoms with Crippen LogP contribution in [0.15, 0.2) is 30.6 Å². The zero-order valence-electron chi connectivity index (χ0n) is 12.6. The second kappa shape index (κ2) is 6.09. The van der Waals surface area contributed by atoms with E-state index in [1.165, 1.54) is 17.7 Å². The number of benzene rings is 1. The third-order valence-electron chi connectivity index (χ3n) is 3.26. The minimum atomic E-state index is -0.210. The van der Waals surface area contributed by atoms with E-state index >= 15 is 0 Å². The minimum absolute atomic E-state index is 0.199. The Morgan fingerprint density at radius 1 is 1.35 bits per heavy atom. The molecule has 4 N–H and O–H groups in total. The molecule has 0 aliphatic heterocycles. The normalized spacial score (nSPS) is 10.5. The molecule has 0 aliphatic rings. The van der Waals surface area contributed by atoms with Crippen molar-refractivity contribution in [3.05, 3.63) is 46.9 Å². The second-order valence-corrected chi connectivity index (χ2v) is 5.78. The van der Waals surface area contributed by atoms with Gasteiger partial charge in [-0.2, -0.15) is 0 Å². The molecule has 7 nitrogen and oxygen atoms in total. The molecule has 2 aromatic heterocycles. The van der Waals surface area contributed by atoms with Crippen LogP contribution in [-0.2, 0) is 0 Å². The first-order valence-electron chi connectivity index (χ1n) is 6.80. The molecular formula is C15H15N5O2S. The Morgan fingerprint density at radius 3 is 2.70 bits per heavy atom. The van der Waals surface area contributed by atoms with Crippen LogP contribution in [0.5, 0.6) is 5.75 Å². The third-order valence-corrected chi connectivity index (χ3v) is 4.24. The van der Waals surface area contributed by atoms with Crippen LogP contribution in [0.1, 0.15) is 21.1 Å². The van der Waals surface area contributed by atoms with Gasteiger partial charge in [-0.05, 0) is 31.2 Å². The number of H-pyrrole nitrogens is 1. The Labute approximate surface area is 136 Å². The molecule has 118 valence electrons. The summed E-state index contributed by atoms with van der Waals surface area (Å²) in [6, 6.07) is 7.38. The minimum Gasteiger partial charge on any atom is -0.497 e. The van der Waals surface area contributed by atoms with Gasteiger partial charge in [-0.25, -0.2) is 9.97 Å². The summed E-state index contributed by atoms with van der Waals surface area (Å²) in [5, 5.41) is 3.67. The topological polar surface area (TPSA) is 106 Å². The number of aryl methyl sites for hydroxylation is 1. The summed E-state index contributed by atoms with van der Waals surface area (Å²) in [7, 11) is 1.61. The Bertz CT molecular complexity index is 838. The van der Waals surface area contributed by atoms with Gasteiger partial charge in [0.25, 0.3) is 0 Å². The van der Waals surface area contributed by atoms with Crippen LogP contribution in [0.4, 0.5) is 16.6 Å². The summed E-state index contributed by atoms with van der Waals surface area (Å²) in [4.78, 5) is 23.9. The van der Waals surface area contributed by atoms with Gasteiger partial charge in [-0.1, -0.05) is 11.3 Å². The maximum atomic E-state index is 12.5. The maximum absolute atomic E-state index is 12.5. The summed E-state index contributed by atoms with van der Waals surface area (Å²) in [5.41, 5.74) is 7.77. The SMILES string of the molecule is COc1ccc(Nc2nc(N)c(C(=O)c3[nH]cnc3C)s2)cc1. The molecule has 0 saturated heterocycles. The van der Waals surface area contributed by atoms with Crippen LogP contribution >= 0.6 is 11.3 Å². The Balaban J connectivity index is 1.83. The van der Waals surface area contributed by atoms with Gasteiger partial charge in [-0.15, -0.1) is 0 Å². The van der Waals surface area contributed by atoms with Gasteiger partial charge in [0.05, 0.1) is 19.1 Å². The van der Waals surface area contributed by atoms with Gasteiger partial charge in [0.15, 0.2) is 5.13 Å². The number of ketones is 1. The third kappa shape index (κ3) is 3.02. The van der Waals surface area contributed by atoms with Gasteiger partial charge in [0.2, 0.25) is 5.78 Å². The lowest BCUT2D eigenvalue weighted by atomic mass is 10.2. The first-order chi connectivity index (χ1) is 11.1. The molecule has 0 bridgehead atoms. The molecule has 0 amide bonds. The predicted octanol–water partition coefficient (Wildman–Crippen LogP) is 2.74. The number of aromatic amines is 1. The fraction of sp³-hybridized carbons (Fsp3) is 0.133. The van der Waals surface area contributed by atoms with E-state index in [0.717, 1.165) is 11.4 Å². The van der Waals surface area contributed by atoms with Crippen molar-refractivity contribution in [3.8, 4) is 5.75 Å². The van der Waals surface area contributed by atoms with Crippen molar-refractivity contribution in [3.63, 3.8) is 0 Å². The van der Waals surface area contributed by atoms with Crippen molar-refractivity contribution in [2.24, 2.45) is 0 Å². The van der Waals surface area contributed by atoms with Crippen LogP contribution in [0.25, 0.3) is 0 Å². The number of methoxy groups -OCH3 is 1. The highest BCUT2D eigenvalue weighted by atomic mass is 32.1. The smallest absolute Gasteiger partial charge is 0.224 e. The van der Waals surface area contributed by atoms with Gasteiger partial charge in [0.1, 0.15) is 22.1 Å². The number of carbonyl (C=O) groups is 1. The number of thiazole rings is 1. The molecule has 0 atom stereocenters. The highest BCUT2D eigenvalue weighted by Crippen LogP contribution is 2.30. The lowest BCUT2D eigenvalue weighted by Gasteiger charge is -2.03. The van der Waals surface area contributed by atoms with Crippen molar-refractivity contribution in [2.45, 2.75) is 6.92 Å². The molecule has 0 radical (unpaired) electrons.